The Balaban J connectivity index is 1.24. The highest BCUT2D eigenvalue weighted by Gasteiger charge is 2.37. The Morgan fingerprint density at radius 3 is 2.51 bits per heavy atom. The lowest BCUT2D eigenvalue weighted by molar-refractivity contribution is 0.0115. The number of rotatable bonds is 5. The highest BCUT2D eigenvalue weighted by molar-refractivity contribution is 6.01. The summed E-state index contributed by atoms with van der Waals surface area (Å²) in [5.41, 5.74) is 8.25. The van der Waals surface area contributed by atoms with Crippen LogP contribution in [0.1, 0.15) is 12.0 Å². The Morgan fingerprint density at radius 1 is 0.846 bits per heavy atom. The summed E-state index contributed by atoms with van der Waals surface area (Å²) in [5, 5.41) is 9.71. The molecule has 0 spiro atoms. The molecule has 6 aromatic rings. The third-order valence-electron chi connectivity index (χ3n) is 7.42. The van der Waals surface area contributed by atoms with Crippen LogP contribution >= 0.6 is 0 Å². The van der Waals surface area contributed by atoms with E-state index in [9.17, 15) is 13.2 Å². The minimum Gasteiger partial charge on any atom is -0.353 e. The summed E-state index contributed by atoms with van der Waals surface area (Å²) in [6.07, 6.45) is 3.44. The summed E-state index contributed by atoms with van der Waals surface area (Å²) in [6.45, 7) is 0.616. The van der Waals surface area contributed by atoms with Gasteiger partial charge in [-0.15, -0.1) is 0 Å². The van der Waals surface area contributed by atoms with Gasteiger partial charge in [0.1, 0.15) is 11.5 Å². The second kappa shape index (κ2) is 9.10. The molecule has 3 aromatic heterocycles. The largest absolute Gasteiger partial charge is 0.353 e. The third kappa shape index (κ3) is 4.46. The van der Waals surface area contributed by atoms with Crippen LogP contribution in [0, 0.1) is 5.82 Å². The van der Waals surface area contributed by atoms with Crippen LogP contribution in [0.15, 0.2) is 85.2 Å². The summed E-state index contributed by atoms with van der Waals surface area (Å²) in [5.74, 6) is -2.88. The number of hydrogen-bond donors (Lipinski definition) is 2. The molecule has 7 rings (SSSR count). The lowest BCUT2D eigenvalue weighted by atomic mass is 10.0. The maximum absolute atomic E-state index is 13.6. The number of alkyl halides is 2. The number of aromatic amines is 2. The number of benzene rings is 3. The van der Waals surface area contributed by atoms with Crippen LogP contribution in [-0.2, 0) is 6.54 Å². The maximum Gasteiger partial charge on any atom is 0.261 e. The summed E-state index contributed by atoms with van der Waals surface area (Å²) in [4.78, 5) is 9.66. The van der Waals surface area contributed by atoms with E-state index in [2.05, 4.69) is 32.3 Å². The molecule has 8 heteroatoms. The Hall–Kier alpha value is -4.43. The number of halogens is 3. The van der Waals surface area contributed by atoms with Crippen molar-refractivity contribution in [3.8, 4) is 33.6 Å². The zero-order chi connectivity index (χ0) is 26.6. The average molecular weight is 524 g/mol. The summed E-state index contributed by atoms with van der Waals surface area (Å²) in [7, 11) is 0. The van der Waals surface area contributed by atoms with E-state index >= 15 is 0 Å². The predicted octanol–water partition coefficient (Wildman–Crippen LogP) is 7.42. The lowest BCUT2D eigenvalue weighted by Gasteiger charge is -2.15. The number of aromatic nitrogens is 4. The molecule has 1 fully saturated rings. The van der Waals surface area contributed by atoms with Crippen molar-refractivity contribution in [2.75, 3.05) is 13.1 Å². The van der Waals surface area contributed by atoms with Crippen LogP contribution in [0.2, 0.25) is 0 Å². The molecule has 3 aromatic carbocycles. The van der Waals surface area contributed by atoms with E-state index in [4.69, 9.17) is 0 Å². The standard InChI is InChI=1S/C31H24F3N5/c32-23-7-4-20(5-8-23)24-2-1-3-27-25(24)14-29(36-27)30-26-13-21(6-9-28(26)37-38-30)22-12-19(15-35-16-22)17-39-11-10-31(33,34)18-39/h1-9,12-16,36H,10-11,17-18H2,(H,37,38). The van der Waals surface area contributed by atoms with Crippen molar-refractivity contribution in [2.24, 2.45) is 0 Å². The summed E-state index contributed by atoms with van der Waals surface area (Å²) < 4.78 is 40.8. The van der Waals surface area contributed by atoms with E-state index in [1.807, 2.05) is 36.4 Å². The molecule has 0 saturated carbocycles. The molecule has 0 radical (unpaired) electrons. The van der Waals surface area contributed by atoms with Gasteiger partial charge in [0.15, 0.2) is 0 Å². The minimum absolute atomic E-state index is 0.0980. The van der Waals surface area contributed by atoms with Gasteiger partial charge < -0.3 is 4.98 Å². The number of nitrogens with one attached hydrogen (secondary N) is 2. The fourth-order valence-corrected chi connectivity index (χ4v) is 5.49. The smallest absolute Gasteiger partial charge is 0.261 e. The van der Waals surface area contributed by atoms with E-state index < -0.39 is 5.92 Å². The third-order valence-corrected chi connectivity index (χ3v) is 7.42. The molecule has 4 heterocycles. The van der Waals surface area contributed by atoms with E-state index in [1.54, 1.807) is 29.4 Å². The Kier molecular flexibility index (Phi) is 5.52. The number of pyridine rings is 1. The molecule has 39 heavy (non-hydrogen) atoms. The highest BCUT2D eigenvalue weighted by atomic mass is 19.3. The van der Waals surface area contributed by atoms with E-state index in [0.29, 0.717) is 13.1 Å². The van der Waals surface area contributed by atoms with E-state index in [1.165, 1.54) is 12.1 Å². The molecule has 5 nitrogen and oxygen atoms in total. The first-order chi connectivity index (χ1) is 18.9. The second-order valence-corrected chi connectivity index (χ2v) is 10.2. The van der Waals surface area contributed by atoms with Gasteiger partial charge in [-0.25, -0.2) is 13.2 Å². The van der Waals surface area contributed by atoms with E-state index in [0.717, 1.165) is 61.0 Å². The van der Waals surface area contributed by atoms with Gasteiger partial charge in [-0.05, 0) is 64.7 Å². The van der Waals surface area contributed by atoms with Crippen molar-refractivity contribution in [2.45, 2.75) is 18.9 Å². The molecule has 1 aliphatic rings. The van der Waals surface area contributed by atoms with Crippen molar-refractivity contribution < 1.29 is 13.2 Å². The maximum atomic E-state index is 13.6. The normalized spacial score (nSPS) is 15.5. The highest BCUT2D eigenvalue weighted by Crippen LogP contribution is 2.35. The molecule has 0 bridgehead atoms. The van der Waals surface area contributed by atoms with E-state index in [-0.39, 0.29) is 18.8 Å². The fourth-order valence-electron chi connectivity index (χ4n) is 5.49. The first-order valence-electron chi connectivity index (χ1n) is 12.8. The van der Waals surface area contributed by atoms with Gasteiger partial charge in [0.05, 0.1) is 17.8 Å². The predicted molar refractivity (Wildman–Crippen MR) is 147 cm³/mol. The molecular weight excluding hydrogens is 499 g/mol. The average Bonchev–Trinajstić information content (AvgIpc) is 3.64. The lowest BCUT2D eigenvalue weighted by Crippen LogP contribution is -2.24. The van der Waals surface area contributed by atoms with Crippen molar-refractivity contribution in [3.63, 3.8) is 0 Å². The van der Waals surface area contributed by atoms with Crippen LogP contribution in [0.25, 0.3) is 55.4 Å². The monoisotopic (exact) mass is 523 g/mol. The molecule has 0 aliphatic carbocycles. The van der Waals surface area contributed by atoms with Gasteiger partial charge in [-0.1, -0.05) is 30.3 Å². The molecule has 1 aliphatic heterocycles. The van der Waals surface area contributed by atoms with Gasteiger partial charge in [0.25, 0.3) is 5.92 Å². The summed E-state index contributed by atoms with van der Waals surface area (Å²) >= 11 is 0. The van der Waals surface area contributed by atoms with Crippen LogP contribution < -0.4 is 0 Å². The van der Waals surface area contributed by atoms with Gasteiger partial charge in [-0.3, -0.25) is 15.0 Å². The number of hydrogen-bond acceptors (Lipinski definition) is 3. The van der Waals surface area contributed by atoms with Gasteiger partial charge in [-0.2, -0.15) is 5.10 Å². The number of H-pyrrole nitrogens is 2. The second-order valence-electron chi connectivity index (χ2n) is 10.2. The number of likely N-dealkylation sites (tertiary alicyclic amines) is 1. The Morgan fingerprint density at radius 2 is 1.69 bits per heavy atom. The Bertz CT molecular complexity index is 1820. The van der Waals surface area contributed by atoms with Gasteiger partial charge in [0.2, 0.25) is 0 Å². The molecule has 0 unspecified atom stereocenters. The molecule has 1 saturated heterocycles. The molecule has 0 atom stereocenters. The molecular formula is C31H24F3N5. The topological polar surface area (TPSA) is 60.6 Å². The minimum atomic E-state index is -2.61. The first-order valence-corrected chi connectivity index (χ1v) is 12.8. The summed E-state index contributed by atoms with van der Waals surface area (Å²) in [6, 6.07) is 22.7. The van der Waals surface area contributed by atoms with Gasteiger partial charge >= 0.3 is 0 Å². The van der Waals surface area contributed by atoms with Crippen LogP contribution in [0.4, 0.5) is 13.2 Å². The number of fused-ring (bicyclic) bond motifs is 2. The van der Waals surface area contributed by atoms with Crippen molar-refractivity contribution in [1.29, 1.82) is 0 Å². The van der Waals surface area contributed by atoms with Gasteiger partial charge in [0, 0.05) is 53.8 Å². The SMILES string of the molecule is Fc1ccc(-c2cccc3[nH]c(-c4n[nH]c5ccc(-c6cncc(CN7CCC(F)(F)C7)c6)cc45)cc23)cc1. The number of nitrogens with zero attached hydrogens (tertiary/aromatic N) is 3. The quantitative estimate of drug-likeness (QED) is 0.247. The van der Waals surface area contributed by atoms with Crippen molar-refractivity contribution in [3.05, 3.63) is 96.6 Å². The van der Waals surface area contributed by atoms with Crippen LogP contribution in [0.5, 0.6) is 0 Å². The molecule has 0 amide bonds. The zero-order valence-electron chi connectivity index (χ0n) is 20.9. The fraction of sp³-hybridized carbons (Fsp3) is 0.161. The molecule has 2 N–H and O–H groups in total. The van der Waals surface area contributed by atoms with Crippen molar-refractivity contribution in [1.82, 2.24) is 25.1 Å². The first kappa shape index (κ1) is 23.7. The van der Waals surface area contributed by atoms with Crippen LogP contribution in [0.3, 0.4) is 0 Å². The molecule has 194 valence electrons. The Labute approximate surface area is 222 Å². The zero-order valence-corrected chi connectivity index (χ0v) is 20.9. The van der Waals surface area contributed by atoms with Crippen LogP contribution in [-0.4, -0.2) is 44.1 Å². The van der Waals surface area contributed by atoms with Crippen molar-refractivity contribution >= 4 is 21.8 Å².